The first-order chi connectivity index (χ1) is 6.72. The summed E-state index contributed by atoms with van der Waals surface area (Å²) in [6, 6.07) is 0. The molecule has 0 aromatic heterocycles. The van der Waals surface area contributed by atoms with Gasteiger partial charge in [-0.3, -0.25) is 4.90 Å². The summed E-state index contributed by atoms with van der Waals surface area (Å²) in [6.45, 7) is 9.60. The number of hydrogen-bond acceptors (Lipinski definition) is 3. The number of rotatable bonds is 5. The van der Waals surface area contributed by atoms with Gasteiger partial charge in [0.25, 0.3) is 0 Å². The normalized spacial score (nSPS) is 24.4. The van der Waals surface area contributed by atoms with Crippen LogP contribution in [-0.4, -0.2) is 43.8 Å². The van der Waals surface area contributed by atoms with Crippen LogP contribution in [-0.2, 0) is 4.74 Å². The van der Waals surface area contributed by atoms with Gasteiger partial charge in [-0.25, -0.2) is 0 Å². The van der Waals surface area contributed by atoms with Gasteiger partial charge in [0.15, 0.2) is 0 Å². The Hall–Kier alpha value is -0.120. The molecule has 1 heterocycles. The number of hydrogen-bond donors (Lipinski definition) is 1. The van der Waals surface area contributed by atoms with Crippen molar-refractivity contribution in [2.24, 2.45) is 11.7 Å². The average molecular weight is 200 g/mol. The average Bonchev–Trinajstić information content (AvgIpc) is 2.14. The van der Waals surface area contributed by atoms with Crippen LogP contribution in [0.15, 0.2) is 0 Å². The first kappa shape index (κ1) is 12.0. The quantitative estimate of drug-likeness (QED) is 0.722. The summed E-state index contributed by atoms with van der Waals surface area (Å²) in [6.07, 6.45) is 2.62. The lowest BCUT2D eigenvalue weighted by Crippen LogP contribution is -2.44. The largest absolute Gasteiger partial charge is 0.376 e. The zero-order valence-corrected chi connectivity index (χ0v) is 9.54. The van der Waals surface area contributed by atoms with Crippen molar-refractivity contribution in [3.05, 3.63) is 0 Å². The highest BCUT2D eigenvalue weighted by atomic mass is 16.5. The van der Waals surface area contributed by atoms with E-state index < -0.39 is 0 Å². The van der Waals surface area contributed by atoms with E-state index in [2.05, 4.69) is 18.7 Å². The SMILES string of the molecule is CC(C)CN1CCOC(CCCN)C1. The molecular formula is C11H24N2O. The van der Waals surface area contributed by atoms with E-state index in [4.69, 9.17) is 10.5 Å². The molecule has 84 valence electrons. The van der Waals surface area contributed by atoms with Crippen molar-refractivity contribution in [1.82, 2.24) is 4.90 Å². The van der Waals surface area contributed by atoms with Crippen LogP contribution < -0.4 is 5.73 Å². The molecule has 1 rings (SSSR count). The van der Waals surface area contributed by atoms with Gasteiger partial charge < -0.3 is 10.5 Å². The molecule has 3 nitrogen and oxygen atoms in total. The molecule has 0 aromatic carbocycles. The lowest BCUT2D eigenvalue weighted by Gasteiger charge is -2.33. The van der Waals surface area contributed by atoms with E-state index in [0.717, 1.165) is 45.0 Å². The Morgan fingerprint density at radius 2 is 2.29 bits per heavy atom. The van der Waals surface area contributed by atoms with Gasteiger partial charge in [0.2, 0.25) is 0 Å². The molecule has 0 radical (unpaired) electrons. The molecular weight excluding hydrogens is 176 g/mol. The molecule has 1 aliphatic heterocycles. The van der Waals surface area contributed by atoms with Gasteiger partial charge in [-0.2, -0.15) is 0 Å². The highest BCUT2D eigenvalue weighted by Gasteiger charge is 2.19. The Morgan fingerprint density at radius 3 is 2.93 bits per heavy atom. The number of morpholine rings is 1. The topological polar surface area (TPSA) is 38.5 Å². The van der Waals surface area contributed by atoms with Crippen LogP contribution in [0.25, 0.3) is 0 Å². The zero-order chi connectivity index (χ0) is 10.4. The van der Waals surface area contributed by atoms with Gasteiger partial charge in [0.05, 0.1) is 12.7 Å². The van der Waals surface area contributed by atoms with Crippen LogP contribution in [0.2, 0.25) is 0 Å². The molecule has 3 heteroatoms. The molecule has 1 atom stereocenters. The van der Waals surface area contributed by atoms with Crippen LogP contribution in [0.5, 0.6) is 0 Å². The molecule has 0 spiro atoms. The summed E-state index contributed by atoms with van der Waals surface area (Å²) >= 11 is 0. The second kappa shape index (κ2) is 6.38. The Balaban J connectivity index is 2.21. The summed E-state index contributed by atoms with van der Waals surface area (Å²) in [5.41, 5.74) is 5.49. The van der Waals surface area contributed by atoms with Gasteiger partial charge in [-0.05, 0) is 25.3 Å². The molecule has 1 aliphatic rings. The molecule has 1 saturated heterocycles. The van der Waals surface area contributed by atoms with Crippen LogP contribution in [0, 0.1) is 5.92 Å². The Bertz CT molecular complexity index is 150. The molecule has 0 bridgehead atoms. The van der Waals surface area contributed by atoms with Crippen molar-refractivity contribution in [3.63, 3.8) is 0 Å². The van der Waals surface area contributed by atoms with Gasteiger partial charge >= 0.3 is 0 Å². The summed E-state index contributed by atoms with van der Waals surface area (Å²) in [5, 5.41) is 0. The first-order valence-corrected chi connectivity index (χ1v) is 5.76. The van der Waals surface area contributed by atoms with Crippen molar-refractivity contribution in [2.75, 3.05) is 32.8 Å². The molecule has 1 fully saturated rings. The smallest absolute Gasteiger partial charge is 0.0703 e. The van der Waals surface area contributed by atoms with Gasteiger partial charge in [0.1, 0.15) is 0 Å². The zero-order valence-electron chi connectivity index (χ0n) is 9.54. The summed E-state index contributed by atoms with van der Waals surface area (Å²) in [4.78, 5) is 2.51. The molecule has 0 aliphatic carbocycles. The number of nitrogens with two attached hydrogens (primary N) is 1. The van der Waals surface area contributed by atoms with Crippen molar-refractivity contribution in [3.8, 4) is 0 Å². The molecule has 0 aromatic rings. The van der Waals surface area contributed by atoms with Crippen LogP contribution >= 0.6 is 0 Å². The van der Waals surface area contributed by atoms with E-state index in [1.807, 2.05) is 0 Å². The Labute approximate surface area is 87.6 Å². The molecule has 0 saturated carbocycles. The van der Waals surface area contributed by atoms with E-state index in [0.29, 0.717) is 6.10 Å². The van der Waals surface area contributed by atoms with E-state index in [-0.39, 0.29) is 0 Å². The van der Waals surface area contributed by atoms with Gasteiger partial charge in [0, 0.05) is 19.6 Å². The van der Waals surface area contributed by atoms with E-state index >= 15 is 0 Å². The monoisotopic (exact) mass is 200 g/mol. The van der Waals surface area contributed by atoms with Crippen molar-refractivity contribution in [1.29, 1.82) is 0 Å². The van der Waals surface area contributed by atoms with Gasteiger partial charge in [-0.1, -0.05) is 13.8 Å². The third kappa shape index (κ3) is 4.40. The predicted octanol–water partition coefficient (Wildman–Crippen LogP) is 1.08. The second-order valence-electron chi connectivity index (χ2n) is 4.58. The molecule has 14 heavy (non-hydrogen) atoms. The van der Waals surface area contributed by atoms with Gasteiger partial charge in [-0.15, -0.1) is 0 Å². The Kier molecular flexibility index (Phi) is 5.45. The van der Waals surface area contributed by atoms with E-state index in [9.17, 15) is 0 Å². The summed E-state index contributed by atoms with van der Waals surface area (Å²) in [5.74, 6) is 0.753. The highest BCUT2D eigenvalue weighted by molar-refractivity contribution is 4.72. The minimum Gasteiger partial charge on any atom is -0.376 e. The maximum absolute atomic E-state index is 5.69. The fourth-order valence-corrected chi connectivity index (χ4v) is 1.98. The lowest BCUT2D eigenvalue weighted by molar-refractivity contribution is -0.0355. The molecule has 0 amide bonds. The van der Waals surface area contributed by atoms with Crippen molar-refractivity contribution < 1.29 is 4.74 Å². The maximum atomic E-state index is 5.69. The van der Waals surface area contributed by atoms with E-state index in [1.165, 1.54) is 6.54 Å². The number of ether oxygens (including phenoxy) is 1. The first-order valence-electron chi connectivity index (χ1n) is 5.76. The highest BCUT2D eigenvalue weighted by Crippen LogP contribution is 2.11. The summed E-state index contributed by atoms with van der Waals surface area (Å²) in [7, 11) is 0. The number of nitrogens with zero attached hydrogens (tertiary/aromatic N) is 1. The minimum atomic E-state index is 0.422. The van der Waals surface area contributed by atoms with Crippen LogP contribution in [0.4, 0.5) is 0 Å². The lowest BCUT2D eigenvalue weighted by atomic mass is 10.1. The standard InChI is InChI=1S/C11H24N2O/c1-10(2)8-13-6-7-14-11(9-13)4-3-5-12/h10-11H,3-9,12H2,1-2H3. The third-order valence-electron chi connectivity index (χ3n) is 2.58. The second-order valence-corrected chi connectivity index (χ2v) is 4.58. The fraction of sp³-hybridized carbons (Fsp3) is 1.00. The molecule has 2 N–H and O–H groups in total. The van der Waals surface area contributed by atoms with Crippen molar-refractivity contribution >= 4 is 0 Å². The predicted molar refractivity (Wildman–Crippen MR) is 59.3 cm³/mol. The Morgan fingerprint density at radius 1 is 1.50 bits per heavy atom. The van der Waals surface area contributed by atoms with Crippen LogP contribution in [0.3, 0.4) is 0 Å². The van der Waals surface area contributed by atoms with Crippen molar-refractivity contribution in [2.45, 2.75) is 32.8 Å². The minimum absolute atomic E-state index is 0.422. The van der Waals surface area contributed by atoms with Crippen LogP contribution in [0.1, 0.15) is 26.7 Å². The fourth-order valence-electron chi connectivity index (χ4n) is 1.98. The summed E-state index contributed by atoms with van der Waals surface area (Å²) < 4.78 is 5.69. The van der Waals surface area contributed by atoms with E-state index in [1.54, 1.807) is 0 Å². The third-order valence-corrected chi connectivity index (χ3v) is 2.58. The maximum Gasteiger partial charge on any atom is 0.0703 e. The molecule has 1 unspecified atom stereocenters.